The summed E-state index contributed by atoms with van der Waals surface area (Å²) in [6.07, 6.45) is 0. The standard InChI is InChI=1S/C16H16N2O3/c1-10-5-3-4-6-14(10)18-16(21)17-12-7-8-13(15(19)20)11(2)9-12/h3-9H,1-2H3,(H,19,20)(H2,17,18,21). The number of rotatable bonds is 3. The highest BCUT2D eigenvalue weighted by atomic mass is 16.4. The number of urea groups is 1. The van der Waals surface area contributed by atoms with E-state index in [1.807, 2.05) is 31.2 Å². The Hall–Kier alpha value is -2.82. The van der Waals surface area contributed by atoms with Crippen molar-refractivity contribution in [3.63, 3.8) is 0 Å². The van der Waals surface area contributed by atoms with E-state index in [9.17, 15) is 9.59 Å². The van der Waals surface area contributed by atoms with E-state index < -0.39 is 5.97 Å². The normalized spacial score (nSPS) is 10.0. The number of benzene rings is 2. The predicted molar refractivity (Wildman–Crippen MR) is 82.0 cm³/mol. The van der Waals surface area contributed by atoms with Crippen molar-refractivity contribution in [3.8, 4) is 0 Å². The molecule has 0 radical (unpaired) electrons. The Morgan fingerprint density at radius 1 is 0.952 bits per heavy atom. The lowest BCUT2D eigenvalue weighted by atomic mass is 10.1. The smallest absolute Gasteiger partial charge is 0.335 e. The molecule has 0 aliphatic heterocycles. The summed E-state index contributed by atoms with van der Waals surface area (Å²) >= 11 is 0. The van der Waals surface area contributed by atoms with Gasteiger partial charge in [0.25, 0.3) is 0 Å². The molecule has 0 atom stereocenters. The van der Waals surface area contributed by atoms with Crippen molar-refractivity contribution in [2.24, 2.45) is 0 Å². The van der Waals surface area contributed by atoms with Gasteiger partial charge in [-0.1, -0.05) is 18.2 Å². The fraction of sp³-hybridized carbons (Fsp3) is 0.125. The molecule has 0 aromatic heterocycles. The molecular weight excluding hydrogens is 268 g/mol. The van der Waals surface area contributed by atoms with E-state index in [-0.39, 0.29) is 11.6 Å². The zero-order chi connectivity index (χ0) is 15.4. The topological polar surface area (TPSA) is 78.4 Å². The van der Waals surface area contributed by atoms with E-state index in [4.69, 9.17) is 5.11 Å². The van der Waals surface area contributed by atoms with E-state index in [0.29, 0.717) is 11.3 Å². The zero-order valence-corrected chi connectivity index (χ0v) is 11.8. The summed E-state index contributed by atoms with van der Waals surface area (Å²) in [5.74, 6) is -0.983. The van der Waals surface area contributed by atoms with Gasteiger partial charge in [-0.3, -0.25) is 0 Å². The summed E-state index contributed by atoms with van der Waals surface area (Å²) in [6, 6.07) is 11.7. The summed E-state index contributed by atoms with van der Waals surface area (Å²) < 4.78 is 0. The number of carboxylic acid groups (broad SMARTS) is 1. The molecule has 2 amide bonds. The van der Waals surface area contributed by atoms with Crippen LogP contribution in [0.5, 0.6) is 0 Å². The van der Waals surface area contributed by atoms with Gasteiger partial charge in [0.1, 0.15) is 0 Å². The molecular formula is C16H16N2O3. The van der Waals surface area contributed by atoms with E-state index in [0.717, 1.165) is 11.3 Å². The first-order chi connectivity index (χ1) is 9.97. The van der Waals surface area contributed by atoms with Crippen LogP contribution in [0.1, 0.15) is 21.5 Å². The largest absolute Gasteiger partial charge is 0.478 e. The average molecular weight is 284 g/mol. The molecule has 0 unspecified atom stereocenters. The second-order valence-corrected chi connectivity index (χ2v) is 4.73. The van der Waals surface area contributed by atoms with Crippen LogP contribution in [-0.4, -0.2) is 17.1 Å². The van der Waals surface area contributed by atoms with Crippen LogP contribution in [0.2, 0.25) is 0 Å². The number of amides is 2. The van der Waals surface area contributed by atoms with Crippen molar-refractivity contribution in [2.75, 3.05) is 10.6 Å². The van der Waals surface area contributed by atoms with Gasteiger partial charge in [-0.15, -0.1) is 0 Å². The summed E-state index contributed by atoms with van der Waals surface area (Å²) in [4.78, 5) is 22.9. The maximum absolute atomic E-state index is 11.9. The van der Waals surface area contributed by atoms with E-state index >= 15 is 0 Å². The molecule has 0 aliphatic rings. The molecule has 0 fully saturated rings. The highest BCUT2D eigenvalue weighted by Crippen LogP contribution is 2.17. The molecule has 2 rings (SSSR count). The molecule has 5 nitrogen and oxygen atoms in total. The second-order valence-electron chi connectivity index (χ2n) is 4.73. The van der Waals surface area contributed by atoms with Crippen molar-refractivity contribution in [3.05, 3.63) is 59.2 Å². The first-order valence-electron chi connectivity index (χ1n) is 6.45. The third kappa shape index (κ3) is 3.60. The SMILES string of the molecule is Cc1ccccc1NC(=O)Nc1ccc(C(=O)O)c(C)c1. The van der Waals surface area contributed by atoms with E-state index in [1.165, 1.54) is 6.07 Å². The minimum atomic E-state index is -0.983. The molecule has 2 aromatic rings. The monoisotopic (exact) mass is 284 g/mol. The minimum Gasteiger partial charge on any atom is -0.478 e. The Morgan fingerprint density at radius 2 is 1.67 bits per heavy atom. The van der Waals surface area contributed by atoms with Crippen LogP contribution in [0.4, 0.5) is 16.2 Å². The number of aryl methyl sites for hydroxylation is 2. The first-order valence-corrected chi connectivity index (χ1v) is 6.45. The third-order valence-corrected chi connectivity index (χ3v) is 3.11. The molecule has 0 heterocycles. The van der Waals surface area contributed by atoms with Gasteiger partial charge >= 0.3 is 12.0 Å². The molecule has 0 bridgehead atoms. The van der Waals surface area contributed by atoms with Crippen LogP contribution < -0.4 is 10.6 Å². The van der Waals surface area contributed by atoms with Gasteiger partial charge in [0.2, 0.25) is 0 Å². The lowest BCUT2D eigenvalue weighted by Gasteiger charge is -2.10. The van der Waals surface area contributed by atoms with E-state index in [2.05, 4.69) is 10.6 Å². The number of para-hydroxylation sites is 1. The molecule has 2 aromatic carbocycles. The molecule has 5 heteroatoms. The van der Waals surface area contributed by atoms with Gasteiger partial charge in [0, 0.05) is 11.4 Å². The average Bonchev–Trinajstić information content (AvgIpc) is 2.41. The number of aromatic carboxylic acids is 1. The van der Waals surface area contributed by atoms with Crippen molar-refractivity contribution in [1.29, 1.82) is 0 Å². The summed E-state index contributed by atoms with van der Waals surface area (Å²) in [7, 11) is 0. The van der Waals surface area contributed by atoms with Crippen molar-refractivity contribution in [1.82, 2.24) is 0 Å². The molecule has 0 aliphatic carbocycles. The Balaban J connectivity index is 2.08. The number of hydrogen-bond donors (Lipinski definition) is 3. The Bertz CT molecular complexity index is 696. The lowest BCUT2D eigenvalue weighted by Crippen LogP contribution is -2.20. The highest BCUT2D eigenvalue weighted by Gasteiger charge is 2.09. The first kappa shape index (κ1) is 14.6. The zero-order valence-electron chi connectivity index (χ0n) is 11.8. The number of hydrogen-bond acceptors (Lipinski definition) is 2. The fourth-order valence-electron chi connectivity index (χ4n) is 1.98. The van der Waals surface area contributed by atoms with Gasteiger partial charge in [-0.25, -0.2) is 9.59 Å². The van der Waals surface area contributed by atoms with Crippen LogP contribution in [0.15, 0.2) is 42.5 Å². The quantitative estimate of drug-likeness (QED) is 0.805. The Labute approximate surface area is 122 Å². The molecule has 0 saturated carbocycles. The number of nitrogens with one attached hydrogen (secondary N) is 2. The molecule has 0 spiro atoms. The molecule has 0 saturated heterocycles. The number of carboxylic acids is 1. The third-order valence-electron chi connectivity index (χ3n) is 3.11. The number of carbonyl (C=O) groups excluding carboxylic acids is 1. The fourth-order valence-corrected chi connectivity index (χ4v) is 1.98. The summed E-state index contributed by atoms with van der Waals surface area (Å²) in [6.45, 7) is 3.59. The van der Waals surface area contributed by atoms with Crippen LogP contribution in [-0.2, 0) is 0 Å². The van der Waals surface area contributed by atoms with Crippen LogP contribution >= 0.6 is 0 Å². The van der Waals surface area contributed by atoms with Gasteiger partial charge in [0.15, 0.2) is 0 Å². The highest BCUT2D eigenvalue weighted by molar-refractivity contribution is 6.00. The Morgan fingerprint density at radius 3 is 2.29 bits per heavy atom. The van der Waals surface area contributed by atoms with E-state index in [1.54, 1.807) is 19.1 Å². The summed E-state index contributed by atoms with van der Waals surface area (Å²) in [5, 5.41) is 14.4. The van der Waals surface area contributed by atoms with Crippen molar-refractivity contribution in [2.45, 2.75) is 13.8 Å². The number of anilines is 2. The van der Waals surface area contributed by atoms with Crippen LogP contribution in [0.3, 0.4) is 0 Å². The minimum absolute atomic E-state index is 0.222. The van der Waals surface area contributed by atoms with Crippen molar-refractivity contribution < 1.29 is 14.7 Å². The molecule has 21 heavy (non-hydrogen) atoms. The van der Waals surface area contributed by atoms with Crippen LogP contribution in [0, 0.1) is 13.8 Å². The second kappa shape index (κ2) is 6.09. The van der Waals surface area contributed by atoms with Crippen molar-refractivity contribution >= 4 is 23.4 Å². The molecule has 108 valence electrons. The predicted octanol–water partition coefficient (Wildman–Crippen LogP) is 3.65. The molecule has 3 N–H and O–H groups in total. The summed E-state index contributed by atoms with van der Waals surface area (Å²) in [5.41, 5.74) is 3.05. The van der Waals surface area contributed by atoms with Gasteiger partial charge in [-0.2, -0.15) is 0 Å². The maximum Gasteiger partial charge on any atom is 0.335 e. The van der Waals surface area contributed by atoms with Gasteiger partial charge in [0.05, 0.1) is 5.56 Å². The maximum atomic E-state index is 11.9. The van der Waals surface area contributed by atoms with Gasteiger partial charge in [-0.05, 0) is 49.2 Å². The van der Waals surface area contributed by atoms with Crippen LogP contribution in [0.25, 0.3) is 0 Å². The Kier molecular flexibility index (Phi) is 4.23. The van der Waals surface area contributed by atoms with Gasteiger partial charge < -0.3 is 15.7 Å². The lowest BCUT2D eigenvalue weighted by molar-refractivity contribution is 0.0696. The number of carbonyl (C=O) groups is 2.